The molecule has 0 aliphatic carbocycles. The number of carbonyl (C=O) groups is 2. The SMILES string of the molecule is CCCn1cc(Br)cc1C(=O)N1CCC(C)(C(N)=O)C1. The first-order chi connectivity index (χ1) is 9.37. The van der Waals surface area contributed by atoms with Crippen molar-refractivity contribution in [2.75, 3.05) is 13.1 Å². The van der Waals surface area contributed by atoms with Gasteiger partial charge in [0, 0.05) is 30.3 Å². The number of amides is 2. The van der Waals surface area contributed by atoms with E-state index < -0.39 is 5.41 Å². The lowest BCUT2D eigenvalue weighted by atomic mass is 9.89. The largest absolute Gasteiger partial charge is 0.369 e. The molecule has 1 unspecified atom stereocenters. The Morgan fingerprint density at radius 3 is 2.75 bits per heavy atom. The molecule has 1 fully saturated rings. The Kier molecular flexibility index (Phi) is 4.22. The van der Waals surface area contributed by atoms with Gasteiger partial charge in [-0.3, -0.25) is 9.59 Å². The second kappa shape index (κ2) is 5.60. The summed E-state index contributed by atoms with van der Waals surface area (Å²) in [5.41, 5.74) is 5.48. The van der Waals surface area contributed by atoms with Gasteiger partial charge in [-0.15, -0.1) is 0 Å². The fraction of sp³-hybridized carbons (Fsp3) is 0.571. The van der Waals surface area contributed by atoms with Gasteiger partial charge in [0.15, 0.2) is 0 Å². The summed E-state index contributed by atoms with van der Waals surface area (Å²) in [5, 5.41) is 0. The molecule has 1 aromatic heterocycles. The van der Waals surface area contributed by atoms with Crippen LogP contribution in [-0.4, -0.2) is 34.4 Å². The van der Waals surface area contributed by atoms with Crippen LogP contribution in [0.15, 0.2) is 16.7 Å². The minimum atomic E-state index is -0.602. The summed E-state index contributed by atoms with van der Waals surface area (Å²) in [5.74, 6) is -0.368. The average Bonchev–Trinajstić information content (AvgIpc) is 2.94. The number of nitrogens with two attached hydrogens (primary N) is 1. The number of aryl methyl sites for hydroxylation is 1. The molecule has 2 N–H and O–H groups in total. The zero-order chi connectivity index (χ0) is 14.9. The Hall–Kier alpha value is -1.30. The zero-order valence-electron chi connectivity index (χ0n) is 11.9. The van der Waals surface area contributed by atoms with Crippen molar-refractivity contribution in [1.29, 1.82) is 0 Å². The molecule has 20 heavy (non-hydrogen) atoms. The number of carbonyl (C=O) groups excluding carboxylic acids is 2. The highest BCUT2D eigenvalue weighted by Gasteiger charge is 2.41. The van der Waals surface area contributed by atoms with Gasteiger partial charge in [-0.1, -0.05) is 6.92 Å². The number of aromatic nitrogens is 1. The molecule has 1 aromatic rings. The Labute approximate surface area is 127 Å². The number of rotatable bonds is 4. The molecule has 0 spiro atoms. The van der Waals surface area contributed by atoms with Crippen LogP contribution in [0.3, 0.4) is 0 Å². The van der Waals surface area contributed by atoms with Crippen LogP contribution in [0.4, 0.5) is 0 Å². The lowest BCUT2D eigenvalue weighted by Crippen LogP contribution is -2.39. The summed E-state index contributed by atoms with van der Waals surface area (Å²) < 4.78 is 2.85. The van der Waals surface area contributed by atoms with Gasteiger partial charge in [0.1, 0.15) is 5.69 Å². The molecule has 0 bridgehead atoms. The van der Waals surface area contributed by atoms with Gasteiger partial charge in [-0.05, 0) is 41.8 Å². The molecule has 2 rings (SSSR count). The smallest absolute Gasteiger partial charge is 0.270 e. The summed E-state index contributed by atoms with van der Waals surface area (Å²) >= 11 is 3.41. The average molecular weight is 342 g/mol. The van der Waals surface area contributed by atoms with Gasteiger partial charge in [0.05, 0.1) is 5.41 Å². The van der Waals surface area contributed by atoms with E-state index in [0.29, 0.717) is 25.2 Å². The second-order valence-electron chi connectivity index (χ2n) is 5.64. The normalized spacial score (nSPS) is 22.2. The van der Waals surface area contributed by atoms with E-state index in [1.165, 1.54) is 0 Å². The van der Waals surface area contributed by atoms with Crippen LogP contribution in [0, 0.1) is 5.41 Å². The molecule has 1 aliphatic heterocycles. The first-order valence-corrected chi connectivity index (χ1v) is 7.61. The highest BCUT2D eigenvalue weighted by Crippen LogP contribution is 2.31. The zero-order valence-corrected chi connectivity index (χ0v) is 13.4. The molecular weight excluding hydrogens is 322 g/mol. The molecule has 2 amide bonds. The minimum Gasteiger partial charge on any atom is -0.369 e. The summed E-state index contributed by atoms with van der Waals surface area (Å²) in [6.07, 6.45) is 3.50. The van der Waals surface area contributed by atoms with E-state index in [2.05, 4.69) is 22.9 Å². The molecule has 0 saturated carbocycles. The maximum Gasteiger partial charge on any atom is 0.270 e. The van der Waals surface area contributed by atoms with Crippen molar-refractivity contribution < 1.29 is 9.59 Å². The van der Waals surface area contributed by atoms with Crippen LogP contribution >= 0.6 is 15.9 Å². The summed E-state index contributed by atoms with van der Waals surface area (Å²) in [6.45, 7) is 5.67. The van der Waals surface area contributed by atoms with Crippen molar-refractivity contribution in [3.8, 4) is 0 Å². The fourth-order valence-electron chi connectivity index (χ4n) is 2.58. The van der Waals surface area contributed by atoms with Crippen molar-refractivity contribution in [3.63, 3.8) is 0 Å². The van der Waals surface area contributed by atoms with E-state index >= 15 is 0 Å². The van der Waals surface area contributed by atoms with Crippen molar-refractivity contribution in [1.82, 2.24) is 9.47 Å². The van der Waals surface area contributed by atoms with Crippen molar-refractivity contribution in [2.24, 2.45) is 11.1 Å². The fourth-order valence-corrected chi connectivity index (χ4v) is 3.04. The number of primary amides is 1. The van der Waals surface area contributed by atoms with E-state index in [1.807, 2.05) is 23.8 Å². The molecule has 0 aromatic carbocycles. The van der Waals surface area contributed by atoms with Crippen molar-refractivity contribution >= 4 is 27.7 Å². The maximum absolute atomic E-state index is 12.6. The van der Waals surface area contributed by atoms with Gasteiger partial charge in [0.25, 0.3) is 5.91 Å². The molecule has 0 radical (unpaired) electrons. The third-order valence-corrected chi connectivity index (χ3v) is 4.34. The van der Waals surface area contributed by atoms with Gasteiger partial charge in [-0.25, -0.2) is 0 Å². The van der Waals surface area contributed by atoms with Gasteiger partial charge >= 0.3 is 0 Å². The highest BCUT2D eigenvalue weighted by molar-refractivity contribution is 9.10. The quantitative estimate of drug-likeness (QED) is 0.909. The van der Waals surface area contributed by atoms with Gasteiger partial charge < -0.3 is 15.2 Å². The number of hydrogen-bond donors (Lipinski definition) is 1. The standard InChI is InChI=1S/C14H20BrN3O2/c1-3-5-17-8-10(15)7-11(17)12(19)18-6-4-14(2,9-18)13(16)20/h7-8H,3-6,9H2,1-2H3,(H2,16,20). The van der Waals surface area contributed by atoms with Crippen LogP contribution in [-0.2, 0) is 11.3 Å². The minimum absolute atomic E-state index is 0.0332. The van der Waals surface area contributed by atoms with E-state index in [-0.39, 0.29) is 11.8 Å². The molecule has 1 saturated heterocycles. The molecule has 110 valence electrons. The Balaban J connectivity index is 2.19. The topological polar surface area (TPSA) is 68.3 Å². The lowest BCUT2D eigenvalue weighted by molar-refractivity contribution is -0.126. The van der Waals surface area contributed by atoms with Gasteiger partial charge in [0.2, 0.25) is 5.91 Å². The first-order valence-electron chi connectivity index (χ1n) is 6.82. The van der Waals surface area contributed by atoms with Crippen LogP contribution in [0.2, 0.25) is 0 Å². The highest BCUT2D eigenvalue weighted by atomic mass is 79.9. The Morgan fingerprint density at radius 2 is 2.20 bits per heavy atom. The number of likely N-dealkylation sites (tertiary alicyclic amines) is 1. The van der Waals surface area contributed by atoms with E-state index in [0.717, 1.165) is 17.4 Å². The summed E-state index contributed by atoms with van der Waals surface area (Å²) in [4.78, 5) is 25.8. The first kappa shape index (κ1) is 15.1. The van der Waals surface area contributed by atoms with E-state index in [9.17, 15) is 9.59 Å². The summed E-state index contributed by atoms with van der Waals surface area (Å²) in [6, 6.07) is 1.83. The molecule has 2 heterocycles. The number of hydrogen-bond acceptors (Lipinski definition) is 2. The van der Waals surface area contributed by atoms with Crippen LogP contribution < -0.4 is 5.73 Å². The molecule has 6 heteroatoms. The van der Waals surface area contributed by atoms with Gasteiger partial charge in [-0.2, -0.15) is 0 Å². The third kappa shape index (κ3) is 2.75. The predicted molar refractivity (Wildman–Crippen MR) is 80.2 cm³/mol. The van der Waals surface area contributed by atoms with Crippen molar-refractivity contribution in [2.45, 2.75) is 33.2 Å². The number of nitrogens with zero attached hydrogens (tertiary/aromatic N) is 2. The second-order valence-corrected chi connectivity index (χ2v) is 6.55. The maximum atomic E-state index is 12.6. The molecule has 1 aliphatic rings. The third-order valence-electron chi connectivity index (χ3n) is 3.90. The number of halogens is 1. The molecular formula is C14H20BrN3O2. The monoisotopic (exact) mass is 341 g/mol. The molecule has 1 atom stereocenters. The van der Waals surface area contributed by atoms with Crippen molar-refractivity contribution in [3.05, 3.63) is 22.4 Å². The lowest BCUT2D eigenvalue weighted by Gasteiger charge is -2.21. The van der Waals surface area contributed by atoms with Crippen LogP contribution in [0.1, 0.15) is 37.2 Å². The summed E-state index contributed by atoms with van der Waals surface area (Å²) in [7, 11) is 0. The predicted octanol–water partition coefficient (Wildman–Crippen LogP) is 2.00. The van der Waals surface area contributed by atoms with Crippen LogP contribution in [0.5, 0.6) is 0 Å². The Morgan fingerprint density at radius 1 is 1.50 bits per heavy atom. The van der Waals surface area contributed by atoms with E-state index in [1.54, 1.807) is 4.90 Å². The molecule has 5 nitrogen and oxygen atoms in total. The van der Waals surface area contributed by atoms with E-state index in [4.69, 9.17) is 5.73 Å². The van der Waals surface area contributed by atoms with Crippen LogP contribution in [0.25, 0.3) is 0 Å². The Bertz CT molecular complexity index is 541.